The highest BCUT2D eigenvalue weighted by atomic mass is 35.5. The third-order valence-corrected chi connectivity index (χ3v) is 3.58. The topological polar surface area (TPSA) is 123 Å². The average molecular weight is 368 g/mol. The van der Waals surface area contributed by atoms with Crippen LogP contribution in [0.15, 0.2) is 27.4 Å². The Morgan fingerprint density at radius 1 is 1.40 bits per heavy atom. The molecule has 2 rings (SSSR count). The molecule has 1 atom stereocenters. The van der Waals surface area contributed by atoms with Gasteiger partial charge >= 0.3 is 17.6 Å². The smallest absolute Gasteiger partial charge is 0.342 e. The lowest BCUT2D eigenvalue weighted by atomic mass is 10.1. The van der Waals surface area contributed by atoms with Gasteiger partial charge in [0.1, 0.15) is 5.58 Å². The minimum atomic E-state index is -1.56. The lowest BCUT2D eigenvalue weighted by molar-refractivity contribution is -0.140. The molecule has 1 unspecified atom stereocenters. The van der Waals surface area contributed by atoms with Crippen molar-refractivity contribution in [2.24, 2.45) is 0 Å². The Morgan fingerprint density at radius 3 is 2.72 bits per heavy atom. The van der Waals surface area contributed by atoms with E-state index in [4.69, 9.17) is 25.9 Å². The molecule has 1 amide bonds. The van der Waals surface area contributed by atoms with E-state index < -0.39 is 23.6 Å². The van der Waals surface area contributed by atoms with Crippen LogP contribution in [0.4, 0.5) is 0 Å². The summed E-state index contributed by atoms with van der Waals surface area (Å²) in [7, 11) is 0. The molecular formula is C16H14ClNO7. The Morgan fingerprint density at radius 2 is 2.12 bits per heavy atom. The van der Waals surface area contributed by atoms with E-state index in [-0.39, 0.29) is 34.7 Å². The molecular weight excluding hydrogens is 354 g/mol. The van der Waals surface area contributed by atoms with Gasteiger partial charge < -0.3 is 19.6 Å². The Kier molecular flexibility index (Phi) is 5.76. The van der Waals surface area contributed by atoms with Crippen LogP contribution in [0.2, 0.25) is 5.02 Å². The van der Waals surface area contributed by atoms with Crippen LogP contribution in [0.25, 0.3) is 11.0 Å². The highest BCUT2D eigenvalue weighted by Crippen LogP contribution is 2.31. The maximum absolute atomic E-state index is 12.0. The normalized spacial score (nSPS) is 11.8. The first-order valence-electron chi connectivity index (χ1n) is 7.27. The number of esters is 1. The van der Waals surface area contributed by atoms with Crippen molar-refractivity contribution < 1.29 is 28.6 Å². The molecule has 132 valence electrons. The predicted molar refractivity (Wildman–Crippen MR) is 87.6 cm³/mol. The maximum Gasteiger partial charge on any atom is 0.342 e. The second-order valence-electron chi connectivity index (χ2n) is 5.09. The molecule has 9 heteroatoms. The summed E-state index contributed by atoms with van der Waals surface area (Å²) in [5, 5.41) is 11.5. The molecule has 25 heavy (non-hydrogen) atoms. The van der Waals surface area contributed by atoms with Crippen LogP contribution < -0.4 is 15.7 Å². The van der Waals surface area contributed by atoms with Gasteiger partial charge in [0.05, 0.1) is 10.6 Å². The number of nitrogens with one attached hydrogen (secondary N) is 1. The maximum atomic E-state index is 12.0. The zero-order chi connectivity index (χ0) is 18.6. The molecule has 0 fully saturated rings. The standard InChI is InChI=1S/C16H14ClNO7/c1-2-3-13(20)24-12-6-11-8(5-10(12)17)4-9(16(23)25-11)14(15(21)22)18-7-19/h4-7,14H,2-3H2,1H3,(H,18,19)(H,21,22). The van der Waals surface area contributed by atoms with Gasteiger partial charge in [0, 0.05) is 17.9 Å². The Labute approximate surface area is 146 Å². The Balaban J connectivity index is 2.51. The van der Waals surface area contributed by atoms with Crippen LogP contribution in [0.5, 0.6) is 5.75 Å². The molecule has 1 aromatic heterocycles. The first-order valence-corrected chi connectivity index (χ1v) is 7.65. The molecule has 0 saturated heterocycles. The fraction of sp³-hybridized carbons (Fsp3) is 0.250. The zero-order valence-electron chi connectivity index (χ0n) is 13.1. The molecule has 0 saturated carbocycles. The summed E-state index contributed by atoms with van der Waals surface area (Å²) in [5.41, 5.74) is -1.14. The van der Waals surface area contributed by atoms with Crippen molar-refractivity contribution in [2.45, 2.75) is 25.8 Å². The van der Waals surface area contributed by atoms with Gasteiger partial charge in [0.25, 0.3) is 0 Å². The first kappa shape index (κ1) is 18.5. The van der Waals surface area contributed by atoms with Gasteiger partial charge in [-0.05, 0) is 18.6 Å². The minimum absolute atomic E-state index is 0.0318. The van der Waals surface area contributed by atoms with E-state index in [0.717, 1.165) is 0 Å². The van der Waals surface area contributed by atoms with Gasteiger partial charge in [-0.1, -0.05) is 18.5 Å². The molecule has 0 aliphatic carbocycles. The number of carboxylic acid groups (broad SMARTS) is 1. The van der Waals surface area contributed by atoms with Crippen LogP contribution in [-0.4, -0.2) is 23.5 Å². The first-order chi connectivity index (χ1) is 11.9. The number of halogens is 1. The minimum Gasteiger partial charge on any atom is -0.479 e. The third-order valence-electron chi connectivity index (χ3n) is 3.28. The molecule has 2 aromatic rings. The summed E-state index contributed by atoms with van der Waals surface area (Å²) in [6, 6.07) is 2.34. The fourth-order valence-electron chi connectivity index (χ4n) is 2.16. The molecule has 2 N–H and O–H groups in total. The molecule has 8 nitrogen and oxygen atoms in total. The van der Waals surface area contributed by atoms with Crippen molar-refractivity contribution in [3.63, 3.8) is 0 Å². The highest BCUT2D eigenvalue weighted by Gasteiger charge is 2.24. The van der Waals surface area contributed by atoms with Crippen molar-refractivity contribution in [1.29, 1.82) is 0 Å². The molecule has 0 radical (unpaired) electrons. The molecule has 1 heterocycles. The molecule has 0 bridgehead atoms. The summed E-state index contributed by atoms with van der Waals surface area (Å²) >= 11 is 6.06. The van der Waals surface area contributed by atoms with E-state index in [1.807, 2.05) is 12.2 Å². The Bertz CT molecular complexity index is 890. The van der Waals surface area contributed by atoms with Gasteiger partial charge in [-0.15, -0.1) is 0 Å². The summed E-state index contributed by atoms with van der Waals surface area (Å²) < 4.78 is 10.2. The number of hydrogen-bond acceptors (Lipinski definition) is 6. The molecule has 0 aliphatic heterocycles. The second-order valence-corrected chi connectivity index (χ2v) is 5.50. The van der Waals surface area contributed by atoms with E-state index in [9.17, 15) is 19.2 Å². The number of rotatable bonds is 7. The van der Waals surface area contributed by atoms with Crippen LogP contribution in [0.3, 0.4) is 0 Å². The van der Waals surface area contributed by atoms with Crippen LogP contribution in [-0.2, 0) is 14.4 Å². The number of carbonyl (C=O) groups is 3. The van der Waals surface area contributed by atoms with E-state index in [0.29, 0.717) is 11.8 Å². The van der Waals surface area contributed by atoms with Crippen molar-refractivity contribution in [3.8, 4) is 5.75 Å². The van der Waals surface area contributed by atoms with Crippen molar-refractivity contribution in [1.82, 2.24) is 5.32 Å². The average Bonchev–Trinajstić information content (AvgIpc) is 2.53. The number of carboxylic acids is 1. The largest absolute Gasteiger partial charge is 0.479 e. The molecule has 1 aromatic carbocycles. The second kappa shape index (κ2) is 7.80. The summed E-state index contributed by atoms with van der Waals surface area (Å²) in [6.45, 7) is 1.82. The van der Waals surface area contributed by atoms with Crippen molar-refractivity contribution in [3.05, 3.63) is 39.2 Å². The number of fused-ring (bicyclic) bond motifs is 1. The number of hydrogen-bond donors (Lipinski definition) is 2. The van der Waals surface area contributed by atoms with Gasteiger partial charge in [-0.25, -0.2) is 9.59 Å². The third kappa shape index (κ3) is 4.16. The zero-order valence-corrected chi connectivity index (χ0v) is 13.8. The lowest BCUT2D eigenvalue weighted by Crippen LogP contribution is -2.31. The molecule has 0 spiro atoms. The summed E-state index contributed by atoms with van der Waals surface area (Å²) in [4.78, 5) is 45.4. The van der Waals surface area contributed by atoms with Gasteiger partial charge in [0.2, 0.25) is 6.41 Å². The Hall–Kier alpha value is -2.87. The van der Waals surface area contributed by atoms with E-state index in [2.05, 4.69) is 0 Å². The van der Waals surface area contributed by atoms with E-state index in [1.165, 1.54) is 18.2 Å². The summed E-state index contributed by atoms with van der Waals surface area (Å²) in [5.74, 6) is -1.87. The van der Waals surface area contributed by atoms with Crippen LogP contribution in [0.1, 0.15) is 31.4 Å². The number of aliphatic carboxylic acids is 1. The van der Waals surface area contributed by atoms with E-state index >= 15 is 0 Å². The SMILES string of the molecule is CCCC(=O)Oc1cc2oc(=O)c(C(NC=O)C(=O)O)cc2cc1Cl. The highest BCUT2D eigenvalue weighted by molar-refractivity contribution is 6.33. The molecule has 0 aliphatic rings. The number of carbonyl (C=O) groups excluding carboxylic acids is 2. The monoisotopic (exact) mass is 367 g/mol. The fourth-order valence-corrected chi connectivity index (χ4v) is 2.37. The van der Waals surface area contributed by atoms with Crippen LogP contribution in [0, 0.1) is 0 Å². The number of amides is 1. The van der Waals surface area contributed by atoms with Gasteiger partial charge in [-0.2, -0.15) is 0 Å². The van der Waals surface area contributed by atoms with Crippen LogP contribution >= 0.6 is 11.6 Å². The predicted octanol–water partition coefficient (Wildman–Crippen LogP) is 2.02. The van der Waals surface area contributed by atoms with Crippen molar-refractivity contribution >= 4 is 40.9 Å². The quantitative estimate of drug-likeness (QED) is 0.332. The summed E-state index contributed by atoms with van der Waals surface area (Å²) in [6.07, 6.45) is 0.976. The van der Waals surface area contributed by atoms with Gasteiger partial charge in [-0.3, -0.25) is 9.59 Å². The van der Waals surface area contributed by atoms with E-state index in [1.54, 1.807) is 0 Å². The van der Waals surface area contributed by atoms with Crippen molar-refractivity contribution in [2.75, 3.05) is 0 Å². The number of benzene rings is 1. The van der Waals surface area contributed by atoms with Gasteiger partial charge in [0.15, 0.2) is 11.8 Å². The lowest BCUT2D eigenvalue weighted by Gasteiger charge is -2.11. The number of ether oxygens (including phenoxy) is 1.